The summed E-state index contributed by atoms with van der Waals surface area (Å²) in [5.41, 5.74) is -0.0280. The Labute approximate surface area is 192 Å². The normalized spacial score (nSPS) is 23.5. The number of hydrogen-bond donors (Lipinski definition) is 1. The number of halogens is 3. The highest BCUT2D eigenvalue weighted by Crippen LogP contribution is 2.38. The molecule has 2 fully saturated rings. The lowest BCUT2D eigenvalue weighted by molar-refractivity contribution is -0.136. The fourth-order valence-corrected chi connectivity index (χ4v) is 5.05. The molecule has 2 atom stereocenters. The summed E-state index contributed by atoms with van der Waals surface area (Å²) in [6.45, 7) is 7.57. The lowest BCUT2D eigenvalue weighted by atomic mass is 9.94. The molecule has 9 heteroatoms. The number of rotatable bonds is 4. The third kappa shape index (κ3) is 5.76. The number of hydrogen-bond acceptors (Lipinski definition) is 5. The van der Waals surface area contributed by atoms with Gasteiger partial charge in [-0.1, -0.05) is 6.92 Å². The number of carbonyl (C=O) groups is 1. The monoisotopic (exact) mass is 463 g/mol. The molecule has 2 aromatic rings. The van der Waals surface area contributed by atoms with Crippen LogP contribution in [-0.2, 0) is 11.0 Å². The fraction of sp³-hybridized carbons (Fsp3) is 0.583. The number of aromatic nitrogens is 1. The second kappa shape index (κ2) is 9.85. The summed E-state index contributed by atoms with van der Waals surface area (Å²) in [5, 5.41) is 3.67. The van der Waals surface area contributed by atoms with E-state index in [9.17, 15) is 18.0 Å². The summed E-state index contributed by atoms with van der Waals surface area (Å²) in [5.74, 6) is 0.308. The number of likely N-dealkylation sites (N-methyl/N-ethyl adjacent to an activating group) is 1. The average molecular weight is 464 g/mol. The second-order valence-corrected chi connectivity index (χ2v) is 9.47. The maximum absolute atomic E-state index is 13.5. The maximum Gasteiger partial charge on any atom is 0.418 e. The Morgan fingerprint density at radius 3 is 2.76 bits per heavy atom. The molecule has 180 valence electrons. The molecule has 3 heterocycles. The third-order valence-corrected chi connectivity index (χ3v) is 6.60. The van der Waals surface area contributed by atoms with Gasteiger partial charge in [-0.05, 0) is 63.2 Å². The van der Waals surface area contributed by atoms with Crippen molar-refractivity contribution in [1.29, 1.82) is 0 Å². The van der Waals surface area contributed by atoms with E-state index in [0.29, 0.717) is 24.4 Å². The standard InChI is InChI=1S/C24H32F3N5O/c1-17-13-18(29-22(33)16-31-10-4-9-30(2)11-12-31)15-32(14-17)21-7-6-20(24(25,26)27)23-19(21)5-3-8-28-23/h3,5-8,17-18H,4,9-16H2,1-2H3,(H,29,33)/t17-,18+/m0/s1. The zero-order chi connectivity index (χ0) is 23.6. The lowest BCUT2D eigenvalue weighted by Gasteiger charge is -2.39. The zero-order valence-corrected chi connectivity index (χ0v) is 19.2. The van der Waals surface area contributed by atoms with Crippen molar-refractivity contribution in [2.24, 2.45) is 5.92 Å². The highest BCUT2D eigenvalue weighted by Gasteiger charge is 2.35. The van der Waals surface area contributed by atoms with Crippen molar-refractivity contribution in [3.05, 3.63) is 36.0 Å². The van der Waals surface area contributed by atoms with Crippen LogP contribution in [0.4, 0.5) is 18.9 Å². The van der Waals surface area contributed by atoms with Crippen LogP contribution in [-0.4, -0.2) is 79.6 Å². The Morgan fingerprint density at radius 2 is 1.97 bits per heavy atom. The number of pyridine rings is 1. The predicted octanol–water partition coefficient (Wildman–Crippen LogP) is 3.22. The van der Waals surface area contributed by atoms with Gasteiger partial charge in [0.2, 0.25) is 5.91 Å². The second-order valence-electron chi connectivity index (χ2n) is 9.47. The van der Waals surface area contributed by atoms with Gasteiger partial charge in [0.15, 0.2) is 0 Å². The van der Waals surface area contributed by atoms with Crippen molar-refractivity contribution in [3.63, 3.8) is 0 Å². The van der Waals surface area contributed by atoms with Gasteiger partial charge in [0, 0.05) is 49.5 Å². The van der Waals surface area contributed by atoms with E-state index in [1.807, 2.05) is 0 Å². The van der Waals surface area contributed by atoms with Crippen molar-refractivity contribution >= 4 is 22.5 Å². The molecule has 1 aromatic carbocycles. The number of nitrogens with one attached hydrogen (secondary N) is 1. The van der Waals surface area contributed by atoms with Crippen LogP contribution >= 0.6 is 0 Å². The SMILES string of the molecule is C[C@H]1C[C@@H](NC(=O)CN2CCCN(C)CC2)CN(c2ccc(C(F)(F)F)c3ncccc23)C1. The van der Waals surface area contributed by atoms with Crippen LogP contribution < -0.4 is 10.2 Å². The Bertz CT molecular complexity index is 982. The zero-order valence-electron chi connectivity index (χ0n) is 19.2. The number of anilines is 1. The molecule has 4 rings (SSSR count). The van der Waals surface area contributed by atoms with Crippen molar-refractivity contribution in [2.45, 2.75) is 32.0 Å². The smallest absolute Gasteiger partial charge is 0.369 e. The lowest BCUT2D eigenvalue weighted by Crippen LogP contribution is -2.52. The molecule has 2 aliphatic heterocycles. The van der Waals surface area contributed by atoms with Crippen molar-refractivity contribution in [2.75, 3.05) is 57.8 Å². The summed E-state index contributed by atoms with van der Waals surface area (Å²) < 4.78 is 40.5. The maximum atomic E-state index is 13.5. The predicted molar refractivity (Wildman–Crippen MR) is 123 cm³/mol. The average Bonchev–Trinajstić information content (AvgIpc) is 2.95. The number of fused-ring (bicyclic) bond motifs is 1. The summed E-state index contributed by atoms with van der Waals surface area (Å²) in [6, 6.07) is 5.96. The molecule has 0 aliphatic carbocycles. The Kier molecular flexibility index (Phi) is 7.09. The molecule has 1 amide bonds. The molecule has 1 aromatic heterocycles. The number of alkyl halides is 3. The van der Waals surface area contributed by atoms with E-state index in [-0.39, 0.29) is 17.5 Å². The van der Waals surface area contributed by atoms with Crippen LogP contribution in [0.5, 0.6) is 0 Å². The molecule has 2 aliphatic rings. The first-order chi connectivity index (χ1) is 15.7. The summed E-state index contributed by atoms with van der Waals surface area (Å²) >= 11 is 0. The molecule has 0 unspecified atom stereocenters. The third-order valence-electron chi connectivity index (χ3n) is 6.60. The van der Waals surface area contributed by atoms with Crippen LogP contribution in [0.25, 0.3) is 10.9 Å². The summed E-state index contributed by atoms with van der Waals surface area (Å²) in [6.07, 6.45) is -1.17. The van der Waals surface area contributed by atoms with Crippen LogP contribution in [0, 0.1) is 5.92 Å². The van der Waals surface area contributed by atoms with Crippen molar-refractivity contribution in [1.82, 2.24) is 20.1 Å². The number of carbonyl (C=O) groups excluding carboxylic acids is 1. The number of amides is 1. The van der Waals surface area contributed by atoms with Crippen LogP contribution in [0.1, 0.15) is 25.3 Å². The molecule has 1 N–H and O–H groups in total. The first-order valence-electron chi connectivity index (χ1n) is 11.6. The molecule has 33 heavy (non-hydrogen) atoms. The number of nitrogens with zero attached hydrogens (tertiary/aromatic N) is 4. The molecular formula is C24H32F3N5O. The summed E-state index contributed by atoms with van der Waals surface area (Å²) in [4.78, 5) is 23.4. The minimum absolute atomic E-state index is 0.0116. The van der Waals surface area contributed by atoms with E-state index in [4.69, 9.17) is 0 Å². The quantitative estimate of drug-likeness (QED) is 0.755. The highest BCUT2D eigenvalue weighted by atomic mass is 19.4. The van der Waals surface area contributed by atoms with Gasteiger partial charge >= 0.3 is 6.18 Å². The molecule has 0 spiro atoms. The Hall–Kier alpha value is -2.39. The van der Waals surface area contributed by atoms with Gasteiger partial charge in [-0.3, -0.25) is 14.7 Å². The van der Waals surface area contributed by atoms with E-state index < -0.39 is 11.7 Å². The molecule has 2 saturated heterocycles. The largest absolute Gasteiger partial charge is 0.418 e. The van der Waals surface area contributed by atoms with Gasteiger partial charge in [-0.15, -0.1) is 0 Å². The minimum atomic E-state index is -4.46. The van der Waals surface area contributed by atoms with Gasteiger partial charge in [0.05, 0.1) is 17.6 Å². The van der Waals surface area contributed by atoms with Crippen LogP contribution in [0.15, 0.2) is 30.5 Å². The molecular weight excluding hydrogens is 431 g/mol. The number of piperidine rings is 1. The highest BCUT2D eigenvalue weighted by molar-refractivity contribution is 5.94. The molecule has 0 saturated carbocycles. The van der Waals surface area contributed by atoms with Gasteiger partial charge < -0.3 is 15.1 Å². The van der Waals surface area contributed by atoms with Gasteiger partial charge in [-0.2, -0.15) is 13.2 Å². The van der Waals surface area contributed by atoms with Gasteiger partial charge in [0.25, 0.3) is 0 Å². The minimum Gasteiger partial charge on any atom is -0.369 e. The molecule has 0 bridgehead atoms. The van der Waals surface area contributed by atoms with Gasteiger partial charge in [0.1, 0.15) is 0 Å². The molecule has 0 radical (unpaired) electrons. The number of benzene rings is 1. The Morgan fingerprint density at radius 1 is 1.15 bits per heavy atom. The van der Waals surface area contributed by atoms with E-state index in [1.54, 1.807) is 12.1 Å². The van der Waals surface area contributed by atoms with E-state index in [0.717, 1.165) is 57.3 Å². The van der Waals surface area contributed by atoms with E-state index in [1.165, 1.54) is 12.3 Å². The first kappa shape index (κ1) is 23.8. The Balaban J connectivity index is 1.48. The van der Waals surface area contributed by atoms with Crippen molar-refractivity contribution < 1.29 is 18.0 Å². The van der Waals surface area contributed by atoms with Crippen molar-refractivity contribution in [3.8, 4) is 0 Å². The topological polar surface area (TPSA) is 51.7 Å². The van der Waals surface area contributed by atoms with E-state index >= 15 is 0 Å². The van der Waals surface area contributed by atoms with Crippen LogP contribution in [0.3, 0.4) is 0 Å². The van der Waals surface area contributed by atoms with Gasteiger partial charge in [-0.25, -0.2) is 0 Å². The fourth-order valence-electron chi connectivity index (χ4n) is 5.05. The summed E-state index contributed by atoms with van der Waals surface area (Å²) in [7, 11) is 2.10. The van der Waals surface area contributed by atoms with Crippen LogP contribution in [0.2, 0.25) is 0 Å². The van der Waals surface area contributed by atoms with E-state index in [2.05, 4.69) is 39.0 Å². The molecule has 6 nitrogen and oxygen atoms in total. The first-order valence-corrected chi connectivity index (χ1v) is 11.6.